The third-order valence-electron chi connectivity index (χ3n) is 8.55. The van der Waals surface area contributed by atoms with Crippen LogP contribution >= 0.6 is 0 Å². The van der Waals surface area contributed by atoms with Gasteiger partial charge < -0.3 is 20.9 Å². The molecule has 0 saturated carbocycles. The van der Waals surface area contributed by atoms with E-state index >= 15 is 0 Å². The zero-order valence-corrected chi connectivity index (χ0v) is 26.4. The van der Waals surface area contributed by atoms with E-state index in [0.717, 1.165) is 22.6 Å². The molecule has 0 aliphatic rings. The molecular weight excluding hydrogens is 588 g/mol. The highest BCUT2D eigenvalue weighted by atomic mass is 16.5. The average molecular weight is 625 g/mol. The number of ether oxygens (including phenoxy) is 2. The smallest absolute Gasteiger partial charge is 0.150 e. The third-order valence-corrected chi connectivity index (χ3v) is 8.55. The summed E-state index contributed by atoms with van der Waals surface area (Å²) < 4.78 is 12.2. The maximum atomic E-state index is 6.58. The monoisotopic (exact) mass is 624 g/mol. The van der Waals surface area contributed by atoms with Crippen molar-refractivity contribution in [1.29, 1.82) is 0 Å². The first-order chi connectivity index (χ1) is 23.6. The Hall–Kier alpha value is -6.26. The van der Waals surface area contributed by atoms with Gasteiger partial charge in [0.2, 0.25) is 0 Å². The van der Waals surface area contributed by atoms with E-state index in [1.165, 1.54) is 22.3 Å². The number of benzene rings is 7. The van der Waals surface area contributed by atoms with Crippen molar-refractivity contribution in [3.05, 3.63) is 215 Å². The highest BCUT2D eigenvalue weighted by Gasteiger charge is 2.22. The topological polar surface area (TPSA) is 70.5 Å². The Morgan fingerprint density at radius 2 is 0.604 bits per heavy atom. The molecule has 48 heavy (non-hydrogen) atoms. The summed E-state index contributed by atoms with van der Waals surface area (Å²) in [5.41, 5.74) is 21.2. The molecule has 0 saturated heterocycles. The van der Waals surface area contributed by atoms with Crippen LogP contribution < -0.4 is 20.9 Å². The van der Waals surface area contributed by atoms with Gasteiger partial charge in [-0.2, -0.15) is 0 Å². The van der Waals surface area contributed by atoms with E-state index in [1.54, 1.807) is 0 Å². The lowest BCUT2D eigenvalue weighted by molar-refractivity contribution is 0.484. The third kappa shape index (κ3) is 6.79. The number of anilines is 2. The van der Waals surface area contributed by atoms with E-state index in [1.807, 2.05) is 97.1 Å². The van der Waals surface area contributed by atoms with Gasteiger partial charge in [-0.1, -0.05) is 133 Å². The second kappa shape index (κ2) is 14.0. The van der Waals surface area contributed by atoms with Gasteiger partial charge in [-0.3, -0.25) is 0 Å². The lowest BCUT2D eigenvalue weighted by Crippen LogP contribution is -2.07. The molecule has 7 aromatic carbocycles. The molecule has 0 amide bonds. The molecular formula is C44H36N2O2. The Morgan fingerprint density at radius 3 is 0.938 bits per heavy atom. The van der Waals surface area contributed by atoms with Crippen LogP contribution in [0.4, 0.5) is 11.4 Å². The van der Waals surface area contributed by atoms with Crippen LogP contribution in [0.5, 0.6) is 23.0 Å². The molecule has 0 spiro atoms. The molecule has 0 bridgehead atoms. The molecule has 4 heteroatoms. The Bertz CT molecular complexity index is 1930. The molecule has 0 aliphatic carbocycles. The van der Waals surface area contributed by atoms with Gasteiger partial charge in [-0.25, -0.2) is 0 Å². The summed E-state index contributed by atoms with van der Waals surface area (Å²) in [7, 11) is 0. The standard InChI is InChI=1S/C44H36N2O2/c45-39-29-35(25-27-41(39)47-37-17-9-3-10-18-37)43(31-13-5-1-6-14-31)33-21-23-34(24-22-33)44(32-15-7-2-8-16-32)36-26-28-42(40(46)30-36)48-38-19-11-4-12-20-38/h1-30,43-44H,45-46H2. The molecule has 4 N–H and O–H groups in total. The van der Waals surface area contributed by atoms with Gasteiger partial charge in [0, 0.05) is 11.8 Å². The molecule has 7 aromatic rings. The largest absolute Gasteiger partial charge is 0.455 e. The Balaban J connectivity index is 1.23. The van der Waals surface area contributed by atoms with Crippen LogP contribution in [0.1, 0.15) is 45.2 Å². The minimum Gasteiger partial charge on any atom is -0.455 e. The molecule has 234 valence electrons. The molecule has 2 unspecified atom stereocenters. The molecule has 0 heterocycles. The fraction of sp³-hybridized carbons (Fsp3) is 0.0455. The summed E-state index contributed by atoms with van der Waals surface area (Å²) in [6.45, 7) is 0. The molecule has 4 nitrogen and oxygen atoms in total. The predicted octanol–water partition coefficient (Wildman–Crippen LogP) is 10.8. The van der Waals surface area contributed by atoms with E-state index in [9.17, 15) is 0 Å². The molecule has 7 rings (SSSR count). The number of rotatable bonds is 10. The summed E-state index contributed by atoms with van der Waals surface area (Å²) in [4.78, 5) is 0. The number of nitrogen functional groups attached to an aromatic ring is 2. The SMILES string of the molecule is Nc1cc(C(c2ccccc2)c2ccc(C(c3ccccc3)c3ccc(Oc4ccccc4)c(N)c3)cc2)ccc1Oc1ccccc1. The molecule has 0 radical (unpaired) electrons. The van der Waals surface area contributed by atoms with E-state index in [2.05, 4.69) is 84.9 Å². The summed E-state index contributed by atoms with van der Waals surface area (Å²) in [6, 6.07) is 61.5. The summed E-state index contributed by atoms with van der Waals surface area (Å²) in [6.07, 6.45) is 0. The van der Waals surface area contributed by atoms with Crippen molar-refractivity contribution in [3.63, 3.8) is 0 Å². The van der Waals surface area contributed by atoms with Gasteiger partial charge in [0.05, 0.1) is 11.4 Å². The fourth-order valence-electron chi connectivity index (χ4n) is 6.24. The first-order valence-electron chi connectivity index (χ1n) is 16.1. The zero-order chi connectivity index (χ0) is 32.7. The highest BCUT2D eigenvalue weighted by Crippen LogP contribution is 2.40. The minimum absolute atomic E-state index is 0.0198. The number of para-hydroxylation sites is 2. The first-order valence-corrected chi connectivity index (χ1v) is 16.1. The molecule has 0 aliphatic heterocycles. The maximum Gasteiger partial charge on any atom is 0.150 e. The number of hydrogen-bond acceptors (Lipinski definition) is 4. The fourth-order valence-corrected chi connectivity index (χ4v) is 6.24. The normalized spacial score (nSPS) is 12.2. The van der Waals surface area contributed by atoms with Gasteiger partial charge in [-0.05, 0) is 81.9 Å². The molecule has 0 aromatic heterocycles. The van der Waals surface area contributed by atoms with Crippen LogP contribution in [0.3, 0.4) is 0 Å². The van der Waals surface area contributed by atoms with Gasteiger partial charge in [0.15, 0.2) is 0 Å². The molecule has 2 atom stereocenters. The lowest BCUT2D eigenvalue weighted by atomic mass is 9.81. The average Bonchev–Trinajstić information content (AvgIpc) is 3.13. The van der Waals surface area contributed by atoms with Crippen molar-refractivity contribution in [2.24, 2.45) is 0 Å². The van der Waals surface area contributed by atoms with Gasteiger partial charge in [0.25, 0.3) is 0 Å². The van der Waals surface area contributed by atoms with Gasteiger partial charge >= 0.3 is 0 Å². The first kappa shape index (κ1) is 30.4. The van der Waals surface area contributed by atoms with Gasteiger partial charge in [-0.15, -0.1) is 0 Å². The van der Waals surface area contributed by atoms with Crippen molar-refractivity contribution < 1.29 is 9.47 Å². The Kier molecular flexibility index (Phi) is 8.88. The van der Waals surface area contributed by atoms with Crippen LogP contribution in [-0.2, 0) is 0 Å². The summed E-state index contributed by atoms with van der Waals surface area (Å²) in [5, 5.41) is 0. The van der Waals surface area contributed by atoms with Crippen LogP contribution in [0, 0.1) is 0 Å². The predicted molar refractivity (Wildman–Crippen MR) is 196 cm³/mol. The summed E-state index contributed by atoms with van der Waals surface area (Å²) >= 11 is 0. The van der Waals surface area contributed by atoms with E-state index in [4.69, 9.17) is 20.9 Å². The second-order valence-corrected chi connectivity index (χ2v) is 11.8. The van der Waals surface area contributed by atoms with E-state index in [-0.39, 0.29) is 11.8 Å². The number of nitrogens with two attached hydrogens (primary N) is 2. The van der Waals surface area contributed by atoms with Crippen molar-refractivity contribution in [2.45, 2.75) is 11.8 Å². The van der Waals surface area contributed by atoms with E-state index in [0.29, 0.717) is 22.9 Å². The zero-order valence-electron chi connectivity index (χ0n) is 26.4. The maximum absolute atomic E-state index is 6.58. The van der Waals surface area contributed by atoms with Crippen LogP contribution in [0.25, 0.3) is 0 Å². The van der Waals surface area contributed by atoms with Gasteiger partial charge in [0.1, 0.15) is 23.0 Å². The van der Waals surface area contributed by atoms with Crippen molar-refractivity contribution in [3.8, 4) is 23.0 Å². The second-order valence-electron chi connectivity index (χ2n) is 11.8. The van der Waals surface area contributed by atoms with Crippen LogP contribution in [0.2, 0.25) is 0 Å². The van der Waals surface area contributed by atoms with Crippen molar-refractivity contribution in [2.75, 3.05) is 11.5 Å². The summed E-state index contributed by atoms with van der Waals surface area (Å²) in [5.74, 6) is 2.73. The van der Waals surface area contributed by atoms with Crippen molar-refractivity contribution in [1.82, 2.24) is 0 Å². The minimum atomic E-state index is -0.0198. The lowest BCUT2D eigenvalue weighted by Gasteiger charge is -2.23. The van der Waals surface area contributed by atoms with Crippen molar-refractivity contribution >= 4 is 11.4 Å². The molecule has 0 fully saturated rings. The Morgan fingerprint density at radius 1 is 0.312 bits per heavy atom. The highest BCUT2D eigenvalue weighted by molar-refractivity contribution is 5.60. The van der Waals surface area contributed by atoms with E-state index < -0.39 is 0 Å². The number of hydrogen-bond donors (Lipinski definition) is 2. The van der Waals surface area contributed by atoms with Crippen LogP contribution in [-0.4, -0.2) is 0 Å². The Labute approximate surface area is 281 Å². The quantitative estimate of drug-likeness (QED) is 0.117. The van der Waals surface area contributed by atoms with Crippen LogP contribution in [0.15, 0.2) is 182 Å².